The molecule has 0 spiro atoms. The maximum absolute atomic E-state index is 6.99. The molecule has 8 atom stereocenters. The van der Waals surface area contributed by atoms with Crippen molar-refractivity contribution in [2.75, 3.05) is 159 Å². The lowest BCUT2D eigenvalue weighted by atomic mass is 9.76. The van der Waals surface area contributed by atoms with Gasteiger partial charge in [-0.3, -0.25) is 0 Å². The van der Waals surface area contributed by atoms with Crippen molar-refractivity contribution in [3.63, 3.8) is 0 Å². The van der Waals surface area contributed by atoms with Crippen LogP contribution >= 0.6 is 0 Å². The molecule has 0 saturated carbocycles. The van der Waals surface area contributed by atoms with Gasteiger partial charge in [-0.2, -0.15) is 0 Å². The zero-order chi connectivity index (χ0) is 73.7. The molecule has 6 aromatic rings. The van der Waals surface area contributed by atoms with Crippen molar-refractivity contribution in [1.82, 2.24) is 0 Å². The minimum absolute atomic E-state index is 0.253. The molecule has 0 N–H and O–H groups in total. The average molecular weight is 1480 g/mol. The van der Waals surface area contributed by atoms with E-state index in [0.717, 1.165) is 66.4 Å². The number of rotatable bonds is 0. The maximum atomic E-state index is 6.99. The van der Waals surface area contributed by atoms with E-state index in [-0.39, 0.29) is 102 Å². The summed E-state index contributed by atoms with van der Waals surface area (Å²) in [4.78, 5) is 0. The highest BCUT2D eigenvalue weighted by atomic mass is 16.7. The van der Waals surface area contributed by atoms with Gasteiger partial charge in [0.05, 0.1) is 155 Å². The normalized spacial score (nSPS) is 27.7. The quantitative estimate of drug-likeness (QED) is 0.138. The molecule has 4 saturated heterocycles. The van der Waals surface area contributed by atoms with Crippen molar-refractivity contribution in [3.05, 3.63) is 142 Å². The van der Waals surface area contributed by atoms with Crippen LogP contribution in [0.15, 0.2) is 97.1 Å². The largest absolute Gasteiger partial charge is 0.494 e. The van der Waals surface area contributed by atoms with Crippen LogP contribution in [0.4, 0.5) is 0 Å². The third-order valence-corrected chi connectivity index (χ3v) is 22.9. The second-order valence-electron chi connectivity index (χ2n) is 31.2. The first-order chi connectivity index (χ1) is 52.6. The molecule has 4 fully saturated rings. The smallest absolute Gasteiger partial charge is 0.487 e. The van der Waals surface area contributed by atoms with Crippen LogP contribution in [-0.2, 0) is 96.8 Å². The molecule has 49 rings (SSSR count). The van der Waals surface area contributed by atoms with E-state index in [1.807, 2.05) is 72.8 Å². The summed E-state index contributed by atoms with van der Waals surface area (Å²) in [7, 11) is -2.72. The Balaban J connectivity index is 0.631. The molecule has 28 heteroatoms. The number of hydrogen-bond acceptors (Lipinski definition) is 24. The Labute approximate surface area is 632 Å². The summed E-state index contributed by atoms with van der Waals surface area (Å²) in [6.45, 7) is 25.2. The van der Waals surface area contributed by atoms with Crippen LogP contribution in [0.3, 0.4) is 0 Å². The molecular formula is C80H96B4O24. The molecule has 0 aromatic heterocycles. The summed E-state index contributed by atoms with van der Waals surface area (Å²) in [5, 5.41) is 0. The highest BCUT2D eigenvalue weighted by molar-refractivity contribution is 6.63. The van der Waals surface area contributed by atoms with Crippen molar-refractivity contribution >= 4 is 50.3 Å². The first-order valence-electron chi connectivity index (χ1n) is 38.4. The van der Waals surface area contributed by atoms with Crippen LogP contribution in [-0.4, -0.2) is 211 Å². The van der Waals surface area contributed by atoms with Crippen LogP contribution in [0, 0.1) is 0 Å². The van der Waals surface area contributed by atoms with E-state index in [1.165, 1.54) is 0 Å². The van der Waals surface area contributed by atoms with Crippen molar-refractivity contribution < 1.29 is 113 Å². The van der Waals surface area contributed by atoms with Gasteiger partial charge in [0, 0.05) is 21.7 Å². The van der Waals surface area contributed by atoms with Gasteiger partial charge >= 0.3 is 28.5 Å². The van der Waals surface area contributed by atoms with Gasteiger partial charge in [-0.25, -0.2) is 0 Å². The van der Waals surface area contributed by atoms with Crippen LogP contribution < -0.4 is 59.7 Å². The van der Waals surface area contributed by atoms with Gasteiger partial charge in [0.15, 0.2) is 46.0 Å². The standard InChI is InChI=1S/C80H96B4O24/c1-77(2)57-45-54-58-46-53(57)69-73(77)105-81(101-69)49-9-13-61-65(41-49)97-37-29-89-21-17-86-27-35-95-63-15-11-51(43-67(63)99-39-31-91-22-18-85-25-33-93-61)83-103-71-55-47-60-56(48-59(55)79(5,6)75(71)107-83)72-76(80(60,7)8)108-84(104-72)52-12-16-64-68(44-52)100-40-32-92-24-20-87-26-34-94-62-14-10-50(82-102-70(54)74(106-82)78(58,3)4)42-66(62)98-38-30-90-23-19-88-28-36-96-64/h9-16,41-48,69-76H,17-40H2,1-8H3. The van der Waals surface area contributed by atoms with Crippen LogP contribution in [0.1, 0.15) is 124 Å². The Hall–Kier alpha value is -6.66. The molecule has 108 heavy (non-hydrogen) atoms. The minimum Gasteiger partial charge on any atom is -0.487 e. The van der Waals surface area contributed by atoms with E-state index in [1.54, 1.807) is 0 Å². The lowest BCUT2D eigenvalue weighted by Crippen LogP contribution is -2.37. The summed E-state index contributed by atoms with van der Waals surface area (Å²) >= 11 is 0. The van der Waals surface area contributed by atoms with Gasteiger partial charge in [-0.05, 0) is 115 Å². The SMILES string of the molecule is CC1(C)c2cc3c4cc2C2OB(OC21)c1ccc2c(c1)OCCOCCOCCOc1ccc(cc1OCCOCCOCCO2)B1OC2c5cc6c(cc5C(C)(C)C2O1)C1OB(OC1C6(C)C)c1ccc2c(c1)OCCOCCOCCOc1ccc(cc1OCCOCCOCCO2)B1OC3C(O1)C4(C)C. The van der Waals surface area contributed by atoms with Crippen LogP contribution in [0.2, 0.25) is 0 Å². The fraction of sp³-hybridized carbons (Fsp3) is 0.550. The fourth-order valence-electron chi connectivity index (χ4n) is 17.2. The number of hydrogen-bond donors (Lipinski definition) is 0. The van der Waals surface area contributed by atoms with Gasteiger partial charge in [0.25, 0.3) is 0 Å². The predicted molar refractivity (Wildman–Crippen MR) is 398 cm³/mol. The molecule has 24 nitrogen and oxygen atoms in total. The fourth-order valence-corrected chi connectivity index (χ4v) is 17.2. The molecule has 572 valence electrons. The molecule has 43 aliphatic rings. The zero-order valence-corrected chi connectivity index (χ0v) is 62.9. The van der Waals surface area contributed by atoms with Crippen molar-refractivity contribution in [3.8, 4) is 46.0 Å². The molecule has 6 aromatic carbocycles. The molecule has 39 heterocycles. The predicted octanol–water partition coefficient (Wildman–Crippen LogP) is 7.16. The van der Waals surface area contributed by atoms with Gasteiger partial charge in [-0.1, -0.05) is 104 Å². The maximum Gasteiger partial charge on any atom is 0.494 e. The second-order valence-corrected chi connectivity index (χ2v) is 31.2. The van der Waals surface area contributed by atoms with E-state index < -0.39 is 50.1 Å². The second kappa shape index (κ2) is 31.5. The third kappa shape index (κ3) is 14.5. The van der Waals surface area contributed by atoms with Crippen molar-refractivity contribution in [1.29, 1.82) is 0 Å². The van der Waals surface area contributed by atoms with Crippen molar-refractivity contribution in [2.24, 2.45) is 0 Å². The Morgan fingerprint density at radius 1 is 0.213 bits per heavy atom. The average Bonchev–Trinajstić information content (AvgIpc) is 1.54. The topological polar surface area (TPSA) is 222 Å². The number of benzene rings is 6. The summed E-state index contributed by atoms with van der Waals surface area (Å²) in [6, 6.07) is 32.5. The Kier molecular flexibility index (Phi) is 21.6. The Morgan fingerprint density at radius 2 is 0.389 bits per heavy atom. The molecule has 0 amide bonds. The first-order valence-corrected chi connectivity index (χ1v) is 38.4. The van der Waals surface area contributed by atoms with E-state index >= 15 is 0 Å². The van der Waals surface area contributed by atoms with Gasteiger partial charge in [0.2, 0.25) is 0 Å². The van der Waals surface area contributed by atoms with E-state index in [9.17, 15) is 0 Å². The van der Waals surface area contributed by atoms with E-state index in [0.29, 0.717) is 152 Å². The summed E-state index contributed by atoms with van der Waals surface area (Å²) in [6.07, 6.45) is -2.50. The highest BCUT2D eigenvalue weighted by Gasteiger charge is 2.62. The zero-order valence-electron chi connectivity index (χ0n) is 62.9. The summed E-state index contributed by atoms with van der Waals surface area (Å²) < 4.78 is 155. The van der Waals surface area contributed by atoms with Gasteiger partial charge < -0.3 is 113 Å². The molecule has 39 aliphatic heterocycles. The Morgan fingerprint density at radius 3 is 0.583 bits per heavy atom. The Bertz CT molecular complexity index is 3670. The van der Waals surface area contributed by atoms with Crippen LogP contribution in [0.5, 0.6) is 46.0 Å². The minimum atomic E-state index is -0.679. The summed E-state index contributed by atoms with van der Waals surface area (Å²) in [5.74, 6) is 4.36. The lowest BCUT2D eigenvalue weighted by Gasteiger charge is -2.28. The highest BCUT2D eigenvalue weighted by Crippen LogP contribution is 2.60. The van der Waals surface area contributed by atoms with Gasteiger partial charge in [0.1, 0.15) is 52.9 Å². The first kappa shape index (κ1) is 74.1. The summed E-state index contributed by atoms with van der Waals surface area (Å²) in [5.41, 5.74) is 10.5. The molecule has 4 aliphatic carbocycles. The van der Waals surface area contributed by atoms with E-state index in [4.69, 9.17) is 113 Å². The number of ether oxygens (including phenoxy) is 16. The third-order valence-electron chi connectivity index (χ3n) is 22.9. The van der Waals surface area contributed by atoms with Crippen LogP contribution in [0.25, 0.3) is 0 Å². The monoisotopic (exact) mass is 1480 g/mol. The van der Waals surface area contributed by atoms with Gasteiger partial charge in [-0.15, -0.1) is 0 Å². The van der Waals surface area contributed by atoms with E-state index in [2.05, 4.69) is 79.7 Å². The van der Waals surface area contributed by atoms with Crippen molar-refractivity contribution in [2.45, 2.75) is 126 Å². The molecular weight excluding hydrogens is 1390 g/mol. The molecule has 8 unspecified atom stereocenters. The molecule has 32 bridgehead atoms. The lowest BCUT2D eigenvalue weighted by molar-refractivity contribution is 0.0223. The molecule has 0 radical (unpaired) electrons.